The lowest BCUT2D eigenvalue weighted by molar-refractivity contribution is -0.136. The van der Waals surface area contributed by atoms with Gasteiger partial charge in [-0.2, -0.15) is 0 Å². The minimum atomic E-state index is -0.679. The second-order valence-electron chi connectivity index (χ2n) is 7.46. The summed E-state index contributed by atoms with van der Waals surface area (Å²) in [7, 11) is 6.02. The number of carbonyl (C=O) groups excluding carboxylic acids is 1. The predicted molar refractivity (Wildman–Crippen MR) is 128 cm³/mol. The van der Waals surface area contributed by atoms with Crippen molar-refractivity contribution < 1.29 is 23.7 Å². The highest BCUT2D eigenvalue weighted by Crippen LogP contribution is 2.31. The molecule has 8 nitrogen and oxygen atoms in total. The molecular formula is C25H24N2O6S. The molecule has 2 heterocycles. The van der Waals surface area contributed by atoms with Gasteiger partial charge >= 0.3 is 5.97 Å². The number of fused-ring (bicyclic) bond motifs is 1. The second kappa shape index (κ2) is 9.56. The molecule has 176 valence electrons. The molecule has 0 saturated heterocycles. The predicted octanol–water partition coefficient (Wildman–Crippen LogP) is 2.43. The third-order valence-corrected chi connectivity index (χ3v) is 6.55. The quantitative estimate of drug-likeness (QED) is 0.504. The van der Waals surface area contributed by atoms with E-state index in [1.807, 2.05) is 18.2 Å². The van der Waals surface area contributed by atoms with Crippen molar-refractivity contribution in [2.45, 2.75) is 13.0 Å². The number of ether oxygens (including phenoxy) is 4. The maximum absolute atomic E-state index is 13.6. The molecule has 2 aromatic carbocycles. The Bertz CT molecular complexity index is 1450. The number of hydrogen-bond donors (Lipinski definition) is 0. The van der Waals surface area contributed by atoms with E-state index in [0.29, 0.717) is 37.9 Å². The lowest BCUT2D eigenvalue weighted by Gasteiger charge is -2.24. The van der Waals surface area contributed by atoms with Crippen LogP contribution in [0.5, 0.6) is 17.2 Å². The van der Waals surface area contributed by atoms with E-state index in [-0.39, 0.29) is 5.56 Å². The number of rotatable bonds is 6. The van der Waals surface area contributed by atoms with Crippen LogP contribution in [0.4, 0.5) is 0 Å². The van der Waals surface area contributed by atoms with E-state index in [0.717, 1.165) is 11.1 Å². The molecule has 0 N–H and O–H groups in total. The minimum Gasteiger partial charge on any atom is -0.497 e. The van der Waals surface area contributed by atoms with Gasteiger partial charge in [0.1, 0.15) is 5.75 Å². The molecule has 0 fully saturated rings. The Kier molecular flexibility index (Phi) is 6.56. The summed E-state index contributed by atoms with van der Waals surface area (Å²) in [5.41, 5.74) is 2.08. The van der Waals surface area contributed by atoms with Crippen molar-refractivity contribution in [1.29, 1.82) is 0 Å². The number of aromatic nitrogens is 1. The van der Waals surface area contributed by atoms with E-state index in [9.17, 15) is 9.59 Å². The van der Waals surface area contributed by atoms with Crippen LogP contribution in [0.3, 0.4) is 0 Å². The van der Waals surface area contributed by atoms with Gasteiger partial charge in [-0.3, -0.25) is 9.36 Å². The molecule has 0 spiro atoms. The standard InChI is InChI=1S/C25H24N2O6S/c1-14-21(24(29)33-5)22(16-7-9-17(30-2)10-8-16)27-23(28)20(34-25(27)26-14)13-15-6-11-18(31-3)19(12-15)32-4/h6-13,22H,1-5H3/b20-13+/t22-/m0/s1. The smallest absolute Gasteiger partial charge is 0.338 e. The van der Waals surface area contributed by atoms with Crippen LogP contribution in [0, 0.1) is 0 Å². The zero-order valence-electron chi connectivity index (χ0n) is 19.4. The summed E-state index contributed by atoms with van der Waals surface area (Å²) >= 11 is 1.26. The van der Waals surface area contributed by atoms with Crippen molar-refractivity contribution in [3.05, 3.63) is 84.5 Å². The van der Waals surface area contributed by atoms with Crippen molar-refractivity contribution in [3.63, 3.8) is 0 Å². The van der Waals surface area contributed by atoms with Gasteiger partial charge in [0, 0.05) is 0 Å². The number of allylic oxidation sites excluding steroid dienone is 1. The number of methoxy groups -OCH3 is 4. The first kappa shape index (κ1) is 23.3. The molecular weight excluding hydrogens is 456 g/mol. The lowest BCUT2D eigenvalue weighted by atomic mass is 9.96. The third-order valence-electron chi connectivity index (χ3n) is 5.56. The molecule has 0 amide bonds. The normalized spacial score (nSPS) is 15.4. The van der Waals surface area contributed by atoms with E-state index < -0.39 is 12.0 Å². The van der Waals surface area contributed by atoms with Crippen LogP contribution in [0.1, 0.15) is 24.1 Å². The largest absolute Gasteiger partial charge is 0.497 e. The van der Waals surface area contributed by atoms with Gasteiger partial charge in [0.15, 0.2) is 16.3 Å². The molecule has 1 aromatic heterocycles. The molecule has 1 aliphatic rings. The van der Waals surface area contributed by atoms with Crippen molar-refractivity contribution in [1.82, 2.24) is 4.57 Å². The van der Waals surface area contributed by atoms with Crippen LogP contribution in [-0.2, 0) is 9.53 Å². The van der Waals surface area contributed by atoms with E-state index in [2.05, 4.69) is 4.99 Å². The average Bonchev–Trinajstić information content (AvgIpc) is 3.16. The molecule has 9 heteroatoms. The first-order valence-corrected chi connectivity index (χ1v) is 11.2. The van der Waals surface area contributed by atoms with Gasteiger partial charge in [0.25, 0.3) is 5.56 Å². The van der Waals surface area contributed by atoms with E-state index in [1.165, 1.54) is 23.0 Å². The Hall–Kier alpha value is -3.85. The maximum atomic E-state index is 13.6. The summed E-state index contributed by atoms with van der Waals surface area (Å²) in [4.78, 5) is 31.4. The summed E-state index contributed by atoms with van der Waals surface area (Å²) in [6.45, 7) is 1.74. The summed E-state index contributed by atoms with van der Waals surface area (Å²) in [6, 6.07) is 12.0. The summed E-state index contributed by atoms with van der Waals surface area (Å²) < 4.78 is 23.0. The number of carbonyl (C=O) groups is 1. The van der Waals surface area contributed by atoms with Crippen LogP contribution in [0.25, 0.3) is 6.08 Å². The molecule has 0 radical (unpaired) electrons. The third kappa shape index (κ3) is 4.10. The molecule has 4 rings (SSSR count). The van der Waals surface area contributed by atoms with Gasteiger partial charge in [-0.25, -0.2) is 9.79 Å². The van der Waals surface area contributed by atoms with E-state index >= 15 is 0 Å². The van der Waals surface area contributed by atoms with E-state index in [4.69, 9.17) is 18.9 Å². The first-order valence-electron chi connectivity index (χ1n) is 10.4. The van der Waals surface area contributed by atoms with Gasteiger partial charge in [-0.15, -0.1) is 0 Å². The van der Waals surface area contributed by atoms with Crippen molar-refractivity contribution in [2.24, 2.45) is 4.99 Å². The molecule has 34 heavy (non-hydrogen) atoms. The Morgan fingerprint density at radius 1 is 1.00 bits per heavy atom. The van der Waals surface area contributed by atoms with Crippen LogP contribution < -0.4 is 29.1 Å². The minimum absolute atomic E-state index is 0.256. The molecule has 1 aliphatic heterocycles. The highest BCUT2D eigenvalue weighted by Gasteiger charge is 2.33. The summed E-state index contributed by atoms with van der Waals surface area (Å²) in [5.74, 6) is 1.30. The van der Waals surface area contributed by atoms with Crippen molar-refractivity contribution in [2.75, 3.05) is 28.4 Å². The zero-order chi connectivity index (χ0) is 24.4. The maximum Gasteiger partial charge on any atom is 0.338 e. The molecule has 0 aliphatic carbocycles. The van der Waals surface area contributed by atoms with Crippen LogP contribution in [0.2, 0.25) is 0 Å². The van der Waals surface area contributed by atoms with Gasteiger partial charge in [-0.05, 0) is 48.4 Å². The summed E-state index contributed by atoms with van der Waals surface area (Å²) in [5, 5.41) is 0. The lowest BCUT2D eigenvalue weighted by Crippen LogP contribution is -2.39. The fourth-order valence-electron chi connectivity index (χ4n) is 3.89. The Balaban J connectivity index is 1.92. The highest BCUT2D eigenvalue weighted by molar-refractivity contribution is 7.07. The zero-order valence-corrected chi connectivity index (χ0v) is 20.3. The molecule has 3 aromatic rings. The number of esters is 1. The number of hydrogen-bond acceptors (Lipinski definition) is 8. The Labute approximate surface area is 200 Å². The molecule has 0 bridgehead atoms. The topological polar surface area (TPSA) is 88.4 Å². The number of nitrogens with zero attached hydrogens (tertiary/aromatic N) is 2. The van der Waals surface area contributed by atoms with E-state index in [1.54, 1.807) is 58.6 Å². The highest BCUT2D eigenvalue weighted by atomic mass is 32.1. The fraction of sp³-hybridized carbons (Fsp3) is 0.240. The van der Waals surface area contributed by atoms with Crippen molar-refractivity contribution in [3.8, 4) is 17.2 Å². The Morgan fingerprint density at radius 2 is 1.71 bits per heavy atom. The van der Waals surface area contributed by atoms with Crippen LogP contribution in [-0.4, -0.2) is 39.0 Å². The molecule has 0 unspecified atom stereocenters. The SMILES string of the molecule is COC(=O)C1=C(C)N=c2s/c(=C/c3ccc(OC)c(OC)c3)c(=O)n2[C@H]1c1ccc(OC)cc1. The van der Waals surface area contributed by atoms with Crippen molar-refractivity contribution >= 4 is 23.4 Å². The first-order chi connectivity index (χ1) is 16.4. The van der Waals surface area contributed by atoms with Gasteiger partial charge in [0.05, 0.1) is 50.3 Å². The average molecular weight is 481 g/mol. The number of benzene rings is 2. The number of thiazole rings is 1. The van der Waals surface area contributed by atoms with Gasteiger partial charge in [0.2, 0.25) is 0 Å². The Morgan fingerprint density at radius 3 is 2.32 bits per heavy atom. The van der Waals surface area contributed by atoms with Gasteiger partial charge in [-0.1, -0.05) is 29.5 Å². The fourth-order valence-corrected chi connectivity index (χ4v) is 4.93. The monoisotopic (exact) mass is 480 g/mol. The molecule has 0 saturated carbocycles. The van der Waals surface area contributed by atoms with Crippen LogP contribution >= 0.6 is 11.3 Å². The van der Waals surface area contributed by atoms with Gasteiger partial charge < -0.3 is 18.9 Å². The van der Waals surface area contributed by atoms with Crippen LogP contribution in [0.15, 0.2) is 63.5 Å². The second-order valence-corrected chi connectivity index (χ2v) is 8.47. The summed E-state index contributed by atoms with van der Waals surface area (Å²) in [6.07, 6.45) is 1.77. The molecule has 1 atom stereocenters.